The fourth-order valence-corrected chi connectivity index (χ4v) is 9.49. The maximum atomic E-state index is 6.20. The fraction of sp³-hybridized carbons (Fsp3) is 0. The van der Waals surface area contributed by atoms with Gasteiger partial charge in [0.05, 0.1) is 0 Å². The summed E-state index contributed by atoms with van der Waals surface area (Å²) in [5, 5.41) is 4.76. The topological polar surface area (TPSA) is 16.4 Å². The first-order valence-corrected chi connectivity index (χ1v) is 22.6. The Morgan fingerprint density at radius 3 is 1.32 bits per heavy atom. The first-order valence-electron chi connectivity index (χ1n) is 22.6. The summed E-state index contributed by atoms with van der Waals surface area (Å²) in [6, 6.07) is 94.0. The normalized spacial score (nSPS) is 11.3. The van der Waals surface area contributed by atoms with Crippen LogP contribution in [0.2, 0.25) is 0 Å². The van der Waals surface area contributed by atoms with Crippen LogP contribution in [0.25, 0.3) is 99.5 Å². The molecule has 0 radical (unpaired) electrons. The zero-order chi connectivity index (χ0) is 43.8. The number of fused-ring (bicyclic) bond motifs is 4. The van der Waals surface area contributed by atoms with Gasteiger partial charge in [-0.25, -0.2) is 0 Å². The van der Waals surface area contributed by atoms with E-state index in [-0.39, 0.29) is 0 Å². The van der Waals surface area contributed by atoms with Crippen LogP contribution in [0.5, 0.6) is 0 Å². The Morgan fingerprint density at radius 1 is 0.227 bits per heavy atom. The molecule has 310 valence electrons. The van der Waals surface area contributed by atoms with Crippen LogP contribution in [-0.2, 0) is 0 Å². The first-order chi connectivity index (χ1) is 32.7. The molecule has 0 spiro atoms. The van der Waals surface area contributed by atoms with Gasteiger partial charge in [-0.05, 0) is 150 Å². The van der Waals surface area contributed by atoms with Crippen molar-refractivity contribution in [3.63, 3.8) is 0 Å². The summed E-state index contributed by atoms with van der Waals surface area (Å²) in [4.78, 5) is 2.36. The second-order valence-electron chi connectivity index (χ2n) is 16.9. The molecular formula is C64H43NO. The quantitative estimate of drug-likeness (QED) is 0.144. The predicted octanol–water partition coefficient (Wildman–Crippen LogP) is 18.2. The van der Waals surface area contributed by atoms with Crippen molar-refractivity contribution in [2.45, 2.75) is 0 Å². The summed E-state index contributed by atoms with van der Waals surface area (Å²) in [7, 11) is 0. The van der Waals surface area contributed by atoms with Gasteiger partial charge in [0.25, 0.3) is 0 Å². The third-order valence-electron chi connectivity index (χ3n) is 12.9. The van der Waals surface area contributed by atoms with Gasteiger partial charge in [-0.3, -0.25) is 0 Å². The van der Waals surface area contributed by atoms with Gasteiger partial charge in [-0.1, -0.05) is 188 Å². The molecule has 66 heavy (non-hydrogen) atoms. The zero-order valence-electron chi connectivity index (χ0n) is 36.2. The summed E-state index contributed by atoms with van der Waals surface area (Å²) in [5.41, 5.74) is 19.2. The minimum atomic E-state index is 0.895. The van der Waals surface area contributed by atoms with Crippen molar-refractivity contribution in [2.24, 2.45) is 0 Å². The fourth-order valence-electron chi connectivity index (χ4n) is 9.49. The van der Waals surface area contributed by atoms with E-state index in [1.807, 2.05) is 12.1 Å². The second-order valence-corrected chi connectivity index (χ2v) is 16.9. The Labute approximate surface area is 384 Å². The van der Waals surface area contributed by atoms with Crippen LogP contribution in [0, 0.1) is 0 Å². The van der Waals surface area contributed by atoms with E-state index in [0.29, 0.717) is 0 Å². The Hall–Kier alpha value is -8.72. The van der Waals surface area contributed by atoms with Crippen LogP contribution in [-0.4, -0.2) is 0 Å². The number of hydrogen-bond donors (Lipinski definition) is 0. The third kappa shape index (κ3) is 7.41. The molecular weight excluding hydrogens is 799 g/mol. The molecule has 12 rings (SSSR count). The largest absolute Gasteiger partial charge is 0.456 e. The first kappa shape index (κ1) is 38.9. The highest BCUT2D eigenvalue weighted by atomic mass is 16.3. The number of hydrogen-bond acceptors (Lipinski definition) is 2. The molecule has 11 aromatic carbocycles. The molecule has 0 bridgehead atoms. The van der Waals surface area contributed by atoms with Crippen molar-refractivity contribution in [3.05, 3.63) is 261 Å². The zero-order valence-corrected chi connectivity index (χ0v) is 36.2. The highest BCUT2D eigenvalue weighted by molar-refractivity contribution is 6.06. The lowest BCUT2D eigenvalue weighted by Crippen LogP contribution is -2.10. The van der Waals surface area contributed by atoms with Crippen LogP contribution < -0.4 is 4.90 Å². The van der Waals surface area contributed by atoms with Gasteiger partial charge < -0.3 is 9.32 Å². The SMILES string of the molecule is c1ccc(-c2cc(-c3ccccc3)cc(-c3ccc(N(c4ccc(-c5ccc(-c6cccc7ccccc67)cc5)cc4)c4cccc(-c5ccc6oc7ccccc7c6c5)c4)cc3)c2)cc1. The number of para-hydroxylation sites is 1. The van der Waals surface area contributed by atoms with Crippen LogP contribution in [0.4, 0.5) is 17.1 Å². The van der Waals surface area contributed by atoms with Crippen LogP contribution in [0.3, 0.4) is 0 Å². The predicted molar refractivity (Wildman–Crippen MR) is 279 cm³/mol. The van der Waals surface area contributed by atoms with Crippen LogP contribution in [0.1, 0.15) is 0 Å². The maximum Gasteiger partial charge on any atom is 0.135 e. The van der Waals surface area contributed by atoms with E-state index in [2.05, 4.69) is 254 Å². The molecule has 0 amide bonds. The average molecular weight is 842 g/mol. The van der Waals surface area contributed by atoms with Crippen molar-refractivity contribution in [3.8, 4) is 66.8 Å². The average Bonchev–Trinajstić information content (AvgIpc) is 3.78. The summed E-state index contributed by atoms with van der Waals surface area (Å²) < 4.78 is 6.20. The number of furan rings is 1. The molecule has 0 saturated carbocycles. The second kappa shape index (κ2) is 16.8. The molecule has 0 atom stereocenters. The highest BCUT2D eigenvalue weighted by Gasteiger charge is 2.17. The smallest absolute Gasteiger partial charge is 0.135 e. The molecule has 0 unspecified atom stereocenters. The number of benzene rings is 11. The van der Waals surface area contributed by atoms with Gasteiger partial charge in [0.1, 0.15) is 11.2 Å². The third-order valence-corrected chi connectivity index (χ3v) is 12.9. The summed E-state index contributed by atoms with van der Waals surface area (Å²) in [6.45, 7) is 0. The van der Waals surface area contributed by atoms with Crippen LogP contribution in [0.15, 0.2) is 265 Å². The van der Waals surface area contributed by atoms with Gasteiger partial charge >= 0.3 is 0 Å². The van der Waals surface area contributed by atoms with Gasteiger partial charge in [-0.2, -0.15) is 0 Å². The molecule has 2 heteroatoms. The Balaban J connectivity index is 0.926. The molecule has 2 nitrogen and oxygen atoms in total. The summed E-state index contributed by atoms with van der Waals surface area (Å²) >= 11 is 0. The van der Waals surface area contributed by atoms with Gasteiger partial charge in [0.15, 0.2) is 0 Å². The van der Waals surface area contributed by atoms with Crippen molar-refractivity contribution in [1.29, 1.82) is 0 Å². The number of rotatable bonds is 9. The van der Waals surface area contributed by atoms with E-state index in [4.69, 9.17) is 4.42 Å². The minimum absolute atomic E-state index is 0.895. The van der Waals surface area contributed by atoms with E-state index in [0.717, 1.165) is 55.7 Å². The van der Waals surface area contributed by atoms with Crippen molar-refractivity contribution < 1.29 is 4.42 Å². The molecule has 0 aliphatic carbocycles. The number of anilines is 3. The molecule has 0 aliphatic rings. The molecule has 1 aromatic heterocycles. The Bertz CT molecular complexity index is 3600. The minimum Gasteiger partial charge on any atom is -0.456 e. The maximum absolute atomic E-state index is 6.20. The molecule has 0 fully saturated rings. The lowest BCUT2D eigenvalue weighted by molar-refractivity contribution is 0.669. The molecule has 12 aromatic rings. The van der Waals surface area contributed by atoms with Crippen molar-refractivity contribution in [2.75, 3.05) is 4.90 Å². The Kier molecular flexibility index (Phi) is 9.89. The van der Waals surface area contributed by atoms with Gasteiger partial charge in [0.2, 0.25) is 0 Å². The standard InChI is InChI=1S/C64H43NO/c1-3-13-44(14-4-1)53-39-54(45-15-5-2-6-16-45)41-55(40-53)48-31-36-57(37-32-48)65(58-20-11-19-51(42-58)52-33-38-64-62(43-52)61-22-9-10-24-63(61)66-64)56-34-29-47(30-35-56)46-25-27-50(28-26-46)60-23-12-18-49-17-7-8-21-59(49)60/h1-43H. The van der Waals surface area contributed by atoms with E-state index < -0.39 is 0 Å². The molecule has 0 saturated heterocycles. The Morgan fingerprint density at radius 2 is 0.667 bits per heavy atom. The lowest BCUT2D eigenvalue weighted by Gasteiger charge is -2.26. The monoisotopic (exact) mass is 841 g/mol. The van der Waals surface area contributed by atoms with Crippen molar-refractivity contribution in [1.82, 2.24) is 0 Å². The summed E-state index contributed by atoms with van der Waals surface area (Å²) in [6.07, 6.45) is 0. The molecule has 0 aliphatic heterocycles. The molecule has 0 N–H and O–H groups in total. The van der Waals surface area contributed by atoms with E-state index >= 15 is 0 Å². The lowest BCUT2D eigenvalue weighted by atomic mass is 9.93. The highest BCUT2D eigenvalue weighted by Crippen LogP contribution is 2.41. The molecule has 1 heterocycles. The summed E-state index contributed by atoms with van der Waals surface area (Å²) in [5.74, 6) is 0. The van der Waals surface area contributed by atoms with E-state index in [1.165, 1.54) is 60.8 Å². The van der Waals surface area contributed by atoms with E-state index in [1.54, 1.807) is 0 Å². The van der Waals surface area contributed by atoms with Crippen molar-refractivity contribution >= 4 is 49.8 Å². The number of nitrogens with zero attached hydrogens (tertiary/aromatic N) is 1. The van der Waals surface area contributed by atoms with Gasteiger partial charge in [-0.15, -0.1) is 0 Å². The van der Waals surface area contributed by atoms with E-state index in [9.17, 15) is 0 Å². The van der Waals surface area contributed by atoms with Gasteiger partial charge in [0, 0.05) is 27.8 Å². The van der Waals surface area contributed by atoms with Crippen LogP contribution >= 0.6 is 0 Å².